The van der Waals surface area contributed by atoms with Crippen molar-refractivity contribution in [1.29, 1.82) is 0 Å². The van der Waals surface area contributed by atoms with E-state index in [1.165, 1.54) is 0 Å². The van der Waals surface area contributed by atoms with Gasteiger partial charge < -0.3 is 17.7 Å². The van der Waals surface area contributed by atoms with E-state index in [1.807, 2.05) is 0 Å². The fourth-order valence-corrected chi connectivity index (χ4v) is 6.51. The maximum absolute atomic E-state index is 14.5. The number of alkyl halides is 12. The molecular weight excluding hydrogens is 1110 g/mol. The normalized spacial score (nSPS) is 13.1. The molecule has 1 N–H and O–H groups in total. The van der Waals surface area contributed by atoms with Gasteiger partial charge in [0.05, 0.1) is 22.3 Å². The van der Waals surface area contributed by atoms with Crippen LogP contribution in [0.25, 0.3) is 33.8 Å². The quantitative estimate of drug-likeness (QED) is 0.0652. The minimum Gasteiger partial charge on any atom is -1.00 e. The third kappa shape index (κ3) is 13.6. The zero-order valence-corrected chi connectivity index (χ0v) is 38.0. The van der Waals surface area contributed by atoms with E-state index in [0.717, 1.165) is 24.1 Å². The van der Waals surface area contributed by atoms with Crippen LogP contribution in [-0.4, -0.2) is 71.4 Å². The van der Waals surface area contributed by atoms with Crippen molar-refractivity contribution in [2.45, 2.75) is 46.1 Å². The average molecular weight is 1130 g/mol. The van der Waals surface area contributed by atoms with Gasteiger partial charge in [0, 0.05) is 47.2 Å². The Morgan fingerprint density at radius 2 is 1.02 bits per heavy atom. The Kier molecular flexibility index (Phi) is 18.6. The average Bonchev–Trinajstić information content (AvgIpc) is 3.79. The number of hydrogen-bond donors (Lipinski definition) is 1. The second-order valence-electron chi connectivity index (χ2n) is 11.7. The van der Waals surface area contributed by atoms with E-state index in [-0.39, 0.29) is 63.3 Å². The van der Waals surface area contributed by atoms with E-state index in [9.17, 15) is 61.5 Å². The molecule has 64 heavy (non-hydrogen) atoms. The number of nitrogens with one attached hydrogen (secondary N) is 1. The Morgan fingerprint density at radius 1 is 0.625 bits per heavy atom. The third-order valence-electron chi connectivity index (χ3n) is 7.42. The van der Waals surface area contributed by atoms with Crippen LogP contribution in [0.3, 0.4) is 0 Å². The maximum atomic E-state index is 14.5. The lowest BCUT2D eigenvalue weighted by molar-refractivity contribution is -0.141. The molecule has 10 nitrogen and oxygen atoms in total. The van der Waals surface area contributed by atoms with Crippen molar-refractivity contribution < 1.29 is 73.9 Å². The molecule has 0 amide bonds. The molecule has 0 saturated heterocycles. The molecule has 0 fully saturated rings. The van der Waals surface area contributed by atoms with Gasteiger partial charge in [-0.3, -0.25) is 4.31 Å². The van der Waals surface area contributed by atoms with Crippen LogP contribution in [0.2, 0.25) is 10.3 Å². The highest BCUT2D eigenvalue weighted by Gasteiger charge is 2.46. The molecular formula is C30H15Cl8F14N10S2-. The van der Waals surface area contributed by atoms with Gasteiger partial charge in [0.1, 0.15) is 75.8 Å². The van der Waals surface area contributed by atoms with Gasteiger partial charge in [-0.15, -0.1) is 0 Å². The summed E-state index contributed by atoms with van der Waals surface area (Å²) in [6.45, 7) is 1.39. The second kappa shape index (κ2) is 21.4. The van der Waals surface area contributed by atoms with Crippen molar-refractivity contribution in [3.05, 3.63) is 82.1 Å². The summed E-state index contributed by atoms with van der Waals surface area (Å²) in [5, 5.41) is 8.17. The molecule has 0 unspecified atom stereocenters. The van der Waals surface area contributed by atoms with E-state index >= 15 is 0 Å². The van der Waals surface area contributed by atoms with Gasteiger partial charge >= 0.3 is 20.2 Å². The largest absolute Gasteiger partial charge is 1.00 e. The topological polar surface area (TPSA) is 101 Å². The molecule has 6 rings (SSSR count). The summed E-state index contributed by atoms with van der Waals surface area (Å²) in [5.41, 5.74) is -3.23. The number of rotatable bonds is 9. The summed E-state index contributed by atoms with van der Waals surface area (Å²) in [6, 6.07) is -3.37. The van der Waals surface area contributed by atoms with Gasteiger partial charge in [0.15, 0.2) is 5.82 Å². The zero-order chi connectivity index (χ0) is 47.7. The highest BCUT2D eigenvalue weighted by Crippen LogP contribution is 2.49. The summed E-state index contributed by atoms with van der Waals surface area (Å²) < 4.78 is 185. The zero-order valence-electron chi connectivity index (χ0n) is 30.3. The lowest BCUT2D eigenvalue weighted by Gasteiger charge is -2.33. The molecule has 0 aliphatic carbocycles. The Labute approximate surface area is 397 Å². The lowest BCUT2D eigenvalue weighted by Crippen LogP contribution is -3.00. The number of nitrogens with zero attached hydrogens (tertiary/aromatic N) is 9. The van der Waals surface area contributed by atoms with Crippen molar-refractivity contribution in [2.75, 3.05) is 9.62 Å². The first-order chi connectivity index (χ1) is 28.9. The SMILES string of the molecule is C[C@H](N(SC(F)(Cl)Cl)c1c(-c2c(F)cc(F)cc2F)c(Cl)nc2ncnn12)C(F)(F)F.C[C@H](Nc1c(-c2c(F)cc(F)cc2F)c(Cl)nc2ncnn12)C(F)(F)F.FC(Cl)(Cl)SCl.[Cl-]. The number of benzene rings is 2. The summed E-state index contributed by atoms with van der Waals surface area (Å²) >= 11 is 31.4. The van der Waals surface area contributed by atoms with Crippen LogP contribution >= 0.6 is 103 Å². The van der Waals surface area contributed by atoms with E-state index in [2.05, 4.69) is 58.7 Å². The Bertz CT molecular complexity index is 2550. The lowest BCUT2D eigenvalue weighted by atomic mass is 10.1. The van der Waals surface area contributed by atoms with Crippen molar-refractivity contribution in [2.24, 2.45) is 0 Å². The summed E-state index contributed by atoms with van der Waals surface area (Å²) in [6.07, 6.45) is -7.86. The van der Waals surface area contributed by atoms with Crippen LogP contribution in [0.1, 0.15) is 13.8 Å². The minimum absolute atomic E-state index is 0. The molecule has 34 heteroatoms. The van der Waals surface area contributed by atoms with Crippen LogP contribution in [0.4, 0.5) is 73.1 Å². The first kappa shape index (κ1) is 55.5. The van der Waals surface area contributed by atoms with Gasteiger partial charge in [-0.05, 0) is 24.5 Å². The van der Waals surface area contributed by atoms with Gasteiger partial charge in [-0.25, -0.2) is 26.3 Å². The van der Waals surface area contributed by atoms with Crippen LogP contribution in [0.15, 0.2) is 36.9 Å². The third-order valence-corrected chi connectivity index (χ3v) is 11.0. The molecule has 0 saturated carbocycles. The number of halogens is 22. The van der Waals surface area contributed by atoms with Gasteiger partial charge in [-0.2, -0.15) is 74.3 Å². The second-order valence-corrected chi connectivity index (χ2v) is 18.1. The molecule has 2 atom stereocenters. The van der Waals surface area contributed by atoms with Gasteiger partial charge in [0.2, 0.25) is 0 Å². The fraction of sp³-hybridized carbons (Fsp3) is 0.267. The molecule has 352 valence electrons. The summed E-state index contributed by atoms with van der Waals surface area (Å²) in [5.74, 6) is -10.2. The highest BCUT2D eigenvalue weighted by atomic mass is 35.7. The number of fused-ring (bicyclic) bond motifs is 2. The fourth-order valence-electron chi connectivity index (χ4n) is 4.79. The van der Waals surface area contributed by atoms with E-state index in [1.54, 1.807) is 0 Å². The standard InChI is InChI=1S/C15H7Cl3F7N5S.C14H8ClF6N5.CCl3FS.ClH/c1-5(14(22,23)24)30(31-15(17,18)25)12-10(9-7(20)2-6(19)3-8(9)21)11(16)28-13-26-4-27-29(12)13;1-5(14(19,20)21)24-12-10(9-7(17)2-6(16)3-8(9)18)11(15)25-13-22-4-23-26(12)13;2-1(3,5)6-4;/h2-5H,1H3;2-5,24H,1H3;;1H/p-1/t2*5-;;/m00../s1. The molecule has 0 spiro atoms. The molecule has 2 aromatic carbocycles. The smallest absolute Gasteiger partial charge is 0.409 e. The van der Waals surface area contributed by atoms with Crippen LogP contribution in [0.5, 0.6) is 0 Å². The van der Waals surface area contributed by atoms with Crippen molar-refractivity contribution >= 4 is 126 Å². The van der Waals surface area contributed by atoms with Crippen LogP contribution in [-0.2, 0) is 0 Å². The predicted molar refractivity (Wildman–Crippen MR) is 211 cm³/mol. The first-order valence-electron chi connectivity index (χ1n) is 15.8. The minimum atomic E-state index is -5.01. The molecule has 0 aliphatic heterocycles. The molecule has 4 aromatic heterocycles. The maximum Gasteiger partial charge on any atom is 0.409 e. The van der Waals surface area contributed by atoms with Crippen molar-refractivity contribution in [1.82, 2.24) is 39.2 Å². The van der Waals surface area contributed by atoms with Crippen molar-refractivity contribution in [3.8, 4) is 22.3 Å². The van der Waals surface area contributed by atoms with E-state index in [0.29, 0.717) is 23.6 Å². The van der Waals surface area contributed by atoms with Gasteiger partial charge in [0.25, 0.3) is 11.6 Å². The van der Waals surface area contributed by atoms with E-state index in [4.69, 9.17) is 57.1 Å². The molecule has 0 aliphatic rings. The molecule has 6 aromatic rings. The van der Waals surface area contributed by atoms with E-state index < -0.39 is 111 Å². The highest BCUT2D eigenvalue weighted by molar-refractivity contribution is 8.23. The number of hydrogen-bond acceptors (Lipinski definition) is 10. The van der Waals surface area contributed by atoms with Crippen LogP contribution < -0.4 is 22.0 Å². The Balaban J connectivity index is 0.000000301. The summed E-state index contributed by atoms with van der Waals surface area (Å²) in [4.78, 5) is 14.8. The molecule has 4 heterocycles. The predicted octanol–water partition coefficient (Wildman–Crippen LogP) is 10.5. The molecule has 0 bridgehead atoms. The van der Waals surface area contributed by atoms with Crippen LogP contribution in [0, 0.1) is 34.9 Å². The summed E-state index contributed by atoms with van der Waals surface area (Å²) in [7, 11) is 4.97. The van der Waals surface area contributed by atoms with Crippen molar-refractivity contribution in [3.63, 3.8) is 0 Å². The number of aromatic nitrogens is 8. The Hall–Kier alpha value is -2.82. The van der Waals surface area contributed by atoms with Gasteiger partial charge in [-0.1, -0.05) is 69.6 Å². The monoisotopic (exact) mass is 1120 g/mol. The Morgan fingerprint density at radius 3 is 1.41 bits per heavy atom. The molecule has 0 radical (unpaired) electrons. The number of anilines is 2. The first-order valence-corrected chi connectivity index (χ1v) is 20.4.